The van der Waals surface area contributed by atoms with Crippen LogP contribution in [0.15, 0.2) is 66.7 Å². The summed E-state index contributed by atoms with van der Waals surface area (Å²) in [5, 5.41) is 0. The van der Waals surface area contributed by atoms with Gasteiger partial charge < -0.3 is 4.74 Å². The molecule has 2 heteroatoms. The molecule has 2 aromatic rings. The Hall–Kier alpha value is -2.61. The maximum Gasteiger partial charge on any atom is 0.344 e. The number of cyclic esters (lactones) is 1. The van der Waals surface area contributed by atoms with E-state index < -0.39 is 0 Å². The molecule has 0 saturated carbocycles. The number of hydrogen-bond acceptors (Lipinski definition) is 2. The highest BCUT2D eigenvalue weighted by molar-refractivity contribution is 6.03. The van der Waals surface area contributed by atoms with E-state index in [9.17, 15) is 4.79 Å². The van der Waals surface area contributed by atoms with E-state index in [4.69, 9.17) is 4.74 Å². The van der Waals surface area contributed by atoms with Crippen LogP contribution in [0.1, 0.15) is 28.4 Å². The van der Waals surface area contributed by atoms with Gasteiger partial charge in [-0.3, -0.25) is 0 Å². The number of ether oxygens (including phenoxy) is 1. The van der Waals surface area contributed by atoms with E-state index >= 15 is 0 Å². The van der Waals surface area contributed by atoms with E-state index in [1.807, 2.05) is 55.5 Å². The molecular formula is C18H14O2. The summed E-state index contributed by atoms with van der Waals surface area (Å²) in [6.07, 6.45) is 3.83. The van der Waals surface area contributed by atoms with Crippen molar-refractivity contribution in [3.63, 3.8) is 0 Å². The maximum absolute atomic E-state index is 11.7. The fraction of sp³-hybridized carbons (Fsp3) is 0.0556. The average Bonchev–Trinajstić information content (AvgIpc) is 2.83. The zero-order valence-corrected chi connectivity index (χ0v) is 11.2. The molecule has 2 aromatic carbocycles. The first-order valence-electron chi connectivity index (χ1n) is 6.51. The van der Waals surface area contributed by atoms with Gasteiger partial charge in [-0.25, -0.2) is 4.79 Å². The Bertz CT molecular complexity index is 709. The van der Waals surface area contributed by atoms with Gasteiger partial charge in [0.2, 0.25) is 0 Å². The summed E-state index contributed by atoms with van der Waals surface area (Å²) in [5.41, 5.74) is 3.76. The molecule has 98 valence electrons. The summed E-state index contributed by atoms with van der Waals surface area (Å²) in [7, 11) is 0. The molecule has 0 spiro atoms. The molecule has 0 aromatic heterocycles. The van der Waals surface area contributed by atoms with E-state index in [0.717, 1.165) is 16.7 Å². The molecule has 0 fully saturated rings. The summed E-state index contributed by atoms with van der Waals surface area (Å²) in [6, 6.07) is 17.5. The first-order valence-corrected chi connectivity index (χ1v) is 6.51. The third kappa shape index (κ3) is 2.28. The molecule has 1 aliphatic heterocycles. The molecule has 0 radical (unpaired) electrons. The normalized spacial score (nSPS) is 16.1. The van der Waals surface area contributed by atoms with Crippen molar-refractivity contribution < 1.29 is 9.53 Å². The Morgan fingerprint density at radius 2 is 1.60 bits per heavy atom. The SMILES string of the molecule is C/C(=C/C=C1\OC(=O)c2ccccc21)c1ccccc1. The van der Waals surface area contributed by atoms with Gasteiger partial charge in [0.25, 0.3) is 0 Å². The van der Waals surface area contributed by atoms with Crippen LogP contribution >= 0.6 is 0 Å². The molecule has 0 N–H and O–H groups in total. The van der Waals surface area contributed by atoms with E-state index in [1.165, 1.54) is 0 Å². The summed E-state index contributed by atoms with van der Waals surface area (Å²) in [4.78, 5) is 11.7. The lowest BCUT2D eigenvalue weighted by molar-refractivity contribution is 0.0716. The highest BCUT2D eigenvalue weighted by atomic mass is 16.5. The van der Waals surface area contributed by atoms with Gasteiger partial charge >= 0.3 is 5.97 Å². The molecule has 20 heavy (non-hydrogen) atoms. The van der Waals surface area contributed by atoms with Crippen LogP contribution in [0, 0.1) is 0 Å². The Labute approximate surface area is 118 Å². The number of esters is 1. The standard InChI is InChI=1S/C18H14O2/c1-13(14-7-3-2-4-8-14)11-12-17-15-9-5-6-10-16(15)18(19)20-17/h2-12H,1H3/b13-11-,17-12-. The van der Waals surface area contributed by atoms with Crippen LogP contribution in [0.25, 0.3) is 11.3 Å². The van der Waals surface area contributed by atoms with Gasteiger partial charge in [-0.2, -0.15) is 0 Å². The van der Waals surface area contributed by atoms with Crippen molar-refractivity contribution in [3.8, 4) is 0 Å². The Morgan fingerprint density at radius 1 is 0.950 bits per heavy atom. The summed E-state index contributed by atoms with van der Waals surface area (Å²) in [6.45, 7) is 2.04. The monoisotopic (exact) mass is 262 g/mol. The lowest BCUT2D eigenvalue weighted by Crippen LogP contribution is -1.92. The second-order valence-corrected chi connectivity index (χ2v) is 4.68. The topological polar surface area (TPSA) is 26.3 Å². The van der Waals surface area contributed by atoms with Crippen LogP contribution < -0.4 is 0 Å². The summed E-state index contributed by atoms with van der Waals surface area (Å²) < 4.78 is 5.30. The Kier molecular flexibility index (Phi) is 3.21. The van der Waals surface area contributed by atoms with Gasteiger partial charge in [0.1, 0.15) is 5.76 Å². The van der Waals surface area contributed by atoms with Gasteiger partial charge in [-0.05, 0) is 30.2 Å². The molecular weight excluding hydrogens is 248 g/mol. The fourth-order valence-corrected chi connectivity index (χ4v) is 2.21. The average molecular weight is 262 g/mol. The minimum Gasteiger partial charge on any atom is -0.422 e. The summed E-state index contributed by atoms with van der Waals surface area (Å²) in [5.74, 6) is 0.332. The lowest BCUT2D eigenvalue weighted by Gasteiger charge is -2.00. The van der Waals surface area contributed by atoms with Gasteiger partial charge in [0, 0.05) is 5.56 Å². The number of benzene rings is 2. The van der Waals surface area contributed by atoms with Crippen molar-refractivity contribution in [2.75, 3.05) is 0 Å². The zero-order chi connectivity index (χ0) is 13.9. The smallest absolute Gasteiger partial charge is 0.344 e. The second-order valence-electron chi connectivity index (χ2n) is 4.68. The molecule has 0 saturated heterocycles. The third-order valence-electron chi connectivity index (χ3n) is 3.33. The Morgan fingerprint density at radius 3 is 2.35 bits per heavy atom. The second kappa shape index (κ2) is 5.17. The molecule has 0 atom stereocenters. The van der Waals surface area contributed by atoms with Crippen molar-refractivity contribution in [2.45, 2.75) is 6.92 Å². The largest absolute Gasteiger partial charge is 0.422 e. The minimum atomic E-state index is -0.280. The molecule has 0 bridgehead atoms. The maximum atomic E-state index is 11.7. The van der Waals surface area contributed by atoms with Gasteiger partial charge in [-0.15, -0.1) is 0 Å². The number of carbonyl (C=O) groups excluding carboxylic acids is 1. The highest BCUT2D eigenvalue weighted by Gasteiger charge is 2.24. The van der Waals surface area contributed by atoms with Crippen LogP contribution in [0.4, 0.5) is 0 Å². The van der Waals surface area contributed by atoms with Crippen molar-refractivity contribution in [1.82, 2.24) is 0 Å². The fourth-order valence-electron chi connectivity index (χ4n) is 2.21. The predicted octanol–water partition coefficient (Wildman–Crippen LogP) is 4.30. The van der Waals surface area contributed by atoms with E-state index in [1.54, 1.807) is 6.07 Å². The lowest BCUT2D eigenvalue weighted by atomic mass is 10.1. The van der Waals surface area contributed by atoms with E-state index in [2.05, 4.69) is 12.1 Å². The van der Waals surface area contributed by atoms with Crippen molar-refractivity contribution in [2.24, 2.45) is 0 Å². The van der Waals surface area contributed by atoms with Crippen molar-refractivity contribution in [3.05, 3.63) is 83.4 Å². The van der Waals surface area contributed by atoms with Crippen LogP contribution in [0.3, 0.4) is 0 Å². The van der Waals surface area contributed by atoms with Gasteiger partial charge in [-0.1, -0.05) is 54.6 Å². The number of fused-ring (bicyclic) bond motifs is 1. The van der Waals surface area contributed by atoms with Gasteiger partial charge in [0.05, 0.1) is 5.56 Å². The molecule has 0 amide bonds. The van der Waals surface area contributed by atoms with Crippen molar-refractivity contribution in [1.29, 1.82) is 0 Å². The molecule has 3 rings (SSSR count). The van der Waals surface area contributed by atoms with Crippen molar-refractivity contribution >= 4 is 17.3 Å². The predicted molar refractivity (Wildman–Crippen MR) is 79.9 cm³/mol. The van der Waals surface area contributed by atoms with Crippen LogP contribution in [-0.2, 0) is 4.74 Å². The molecule has 2 nitrogen and oxygen atoms in total. The third-order valence-corrected chi connectivity index (χ3v) is 3.33. The molecule has 1 aliphatic rings. The molecule has 0 aliphatic carbocycles. The number of rotatable bonds is 2. The molecule has 0 unspecified atom stereocenters. The number of hydrogen-bond donors (Lipinski definition) is 0. The van der Waals surface area contributed by atoms with Gasteiger partial charge in [0.15, 0.2) is 0 Å². The van der Waals surface area contributed by atoms with Crippen LogP contribution in [0.2, 0.25) is 0 Å². The first-order chi connectivity index (χ1) is 9.75. The van der Waals surface area contributed by atoms with E-state index in [0.29, 0.717) is 11.3 Å². The summed E-state index contributed by atoms with van der Waals surface area (Å²) >= 11 is 0. The van der Waals surface area contributed by atoms with E-state index in [-0.39, 0.29) is 5.97 Å². The quantitative estimate of drug-likeness (QED) is 0.754. The highest BCUT2D eigenvalue weighted by Crippen LogP contribution is 2.29. The Balaban J connectivity index is 1.93. The first kappa shape index (κ1) is 12.4. The number of allylic oxidation sites excluding steroid dienone is 3. The van der Waals surface area contributed by atoms with Crippen LogP contribution in [-0.4, -0.2) is 5.97 Å². The minimum absolute atomic E-state index is 0.280. The zero-order valence-electron chi connectivity index (χ0n) is 11.2. The number of carbonyl (C=O) groups is 1. The molecule has 1 heterocycles. The van der Waals surface area contributed by atoms with Crippen LogP contribution in [0.5, 0.6) is 0 Å².